The van der Waals surface area contributed by atoms with Crippen molar-refractivity contribution in [3.63, 3.8) is 0 Å². The van der Waals surface area contributed by atoms with Gasteiger partial charge < -0.3 is 15.3 Å². The first kappa shape index (κ1) is 25.7. The van der Waals surface area contributed by atoms with Crippen LogP contribution in [0.3, 0.4) is 0 Å². The number of carbonyl (C=O) groups is 1. The minimum atomic E-state index is -0.845. The molecule has 182 valence electrons. The molecule has 0 amide bonds. The van der Waals surface area contributed by atoms with Crippen LogP contribution in [0.4, 0.5) is 0 Å². The van der Waals surface area contributed by atoms with Crippen molar-refractivity contribution in [2.75, 3.05) is 0 Å². The Morgan fingerprint density at radius 3 is 2.67 bits per heavy atom. The van der Waals surface area contributed by atoms with Crippen LogP contribution in [-0.2, 0) is 6.42 Å². The molecule has 1 fully saturated rings. The van der Waals surface area contributed by atoms with Crippen molar-refractivity contribution in [3.05, 3.63) is 59.2 Å². The number of aryl methyl sites for hydroxylation is 1. The van der Waals surface area contributed by atoms with E-state index in [1.54, 1.807) is 12.1 Å². The lowest BCUT2D eigenvalue weighted by Crippen LogP contribution is -2.20. The fourth-order valence-corrected chi connectivity index (χ4v) is 5.71. The van der Waals surface area contributed by atoms with E-state index in [1.165, 1.54) is 5.57 Å². The Balaban J connectivity index is 1.42. The molecule has 0 radical (unpaired) electrons. The zero-order valence-corrected chi connectivity index (χ0v) is 20.3. The number of carboxylic acid groups (broad SMARTS) is 1. The first-order chi connectivity index (χ1) is 15.9. The third-order valence-corrected chi connectivity index (χ3v) is 7.77. The van der Waals surface area contributed by atoms with Crippen LogP contribution in [0.25, 0.3) is 0 Å². The van der Waals surface area contributed by atoms with Gasteiger partial charge in [-0.2, -0.15) is 0 Å². The molecule has 3 N–H and O–H groups in total. The molecular formula is C29H42O4. The van der Waals surface area contributed by atoms with Crippen LogP contribution in [0, 0.1) is 23.7 Å². The van der Waals surface area contributed by atoms with Gasteiger partial charge in [0.25, 0.3) is 0 Å². The Bertz CT molecular complexity index is 827. The van der Waals surface area contributed by atoms with Gasteiger partial charge >= 0.3 is 5.97 Å². The number of rotatable bonds is 13. The highest BCUT2D eigenvalue weighted by Crippen LogP contribution is 2.48. The monoisotopic (exact) mass is 454 g/mol. The second-order valence-electron chi connectivity index (χ2n) is 10.3. The van der Waals surface area contributed by atoms with E-state index in [0.717, 1.165) is 69.8 Å². The number of benzene rings is 1. The van der Waals surface area contributed by atoms with Gasteiger partial charge in [0.2, 0.25) is 0 Å². The second kappa shape index (κ2) is 12.5. The normalized spacial score (nSPS) is 26.4. The first-order valence-corrected chi connectivity index (χ1v) is 13.0. The summed E-state index contributed by atoms with van der Waals surface area (Å²) in [7, 11) is 0. The van der Waals surface area contributed by atoms with E-state index < -0.39 is 12.1 Å². The Morgan fingerprint density at radius 2 is 1.91 bits per heavy atom. The standard InChI is InChI=1S/C29H42O4/c1-3-4-10-20(2)27(30)16-15-25-26-18-21(17-23(26)19-28(25)31)11-6-5-7-12-22-13-8-9-14-24(22)29(32)33/h8-9,13-17,20,23,25-28,30-31H,3-7,10-12,18-19H2,1-2H3,(H,32,33)/b16-15+/t20?,23-,25-,26-,27+,28+/m0/s1. The zero-order chi connectivity index (χ0) is 23.8. The first-order valence-electron chi connectivity index (χ1n) is 13.0. The minimum absolute atomic E-state index is 0.143. The smallest absolute Gasteiger partial charge is 0.335 e. The average molecular weight is 455 g/mol. The molecule has 2 aliphatic rings. The lowest BCUT2D eigenvalue weighted by Gasteiger charge is -2.20. The van der Waals surface area contributed by atoms with Crippen molar-refractivity contribution < 1.29 is 20.1 Å². The van der Waals surface area contributed by atoms with Crippen LogP contribution < -0.4 is 0 Å². The Morgan fingerprint density at radius 1 is 1.15 bits per heavy atom. The zero-order valence-electron chi connectivity index (χ0n) is 20.3. The second-order valence-corrected chi connectivity index (χ2v) is 10.3. The van der Waals surface area contributed by atoms with Crippen LogP contribution in [0.1, 0.15) is 87.6 Å². The molecule has 0 aliphatic heterocycles. The Kier molecular flexibility index (Phi) is 9.76. The lowest BCUT2D eigenvalue weighted by atomic mass is 9.87. The van der Waals surface area contributed by atoms with Crippen LogP contribution in [0.15, 0.2) is 48.1 Å². The molecule has 1 unspecified atom stereocenters. The largest absolute Gasteiger partial charge is 0.478 e. The number of hydrogen-bond acceptors (Lipinski definition) is 3. The number of hydrogen-bond donors (Lipinski definition) is 3. The van der Waals surface area contributed by atoms with Crippen LogP contribution >= 0.6 is 0 Å². The molecule has 0 bridgehead atoms. The fraction of sp³-hybridized carbons (Fsp3) is 0.621. The van der Waals surface area contributed by atoms with Gasteiger partial charge in [0.05, 0.1) is 17.8 Å². The van der Waals surface area contributed by atoms with Crippen molar-refractivity contribution in [1.29, 1.82) is 0 Å². The molecule has 4 nitrogen and oxygen atoms in total. The number of carboxylic acids is 1. The van der Waals surface area contributed by atoms with Gasteiger partial charge in [-0.3, -0.25) is 0 Å². The molecule has 0 aromatic heterocycles. The minimum Gasteiger partial charge on any atom is -0.478 e. The third kappa shape index (κ3) is 7.04. The summed E-state index contributed by atoms with van der Waals surface area (Å²) in [4.78, 5) is 11.3. The molecule has 1 saturated carbocycles. The van der Waals surface area contributed by atoms with E-state index in [1.807, 2.05) is 18.2 Å². The maximum absolute atomic E-state index is 11.3. The van der Waals surface area contributed by atoms with Gasteiger partial charge in [-0.1, -0.05) is 75.1 Å². The van der Waals surface area contributed by atoms with Crippen molar-refractivity contribution in [3.8, 4) is 0 Å². The van der Waals surface area contributed by atoms with Gasteiger partial charge in [0.1, 0.15) is 0 Å². The molecular weight excluding hydrogens is 412 g/mol. The van der Waals surface area contributed by atoms with E-state index in [-0.39, 0.29) is 17.9 Å². The summed E-state index contributed by atoms with van der Waals surface area (Å²) in [5.74, 6) is 0.482. The third-order valence-electron chi connectivity index (χ3n) is 7.77. The number of fused-ring (bicyclic) bond motifs is 1. The number of aromatic carboxylic acids is 1. The van der Waals surface area contributed by atoms with E-state index in [2.05, 4.69) is 26.0 Å². The van der Waals surface area contributed by atoms with Crippen molar-refractivity contribution in [2.45, 2.75) is 90.3 Å². The summed E-state index contributed by atoms with van der Waals surface area (Å²) < 4.78 is 0. The van der Waals surface area contributed by atoms with Crippen molar-refractivity contribution in [2.24, 2.45) is 23.7 Å². The number of allylic oxidation sites excluding steroid dienone is 2. The van der Waals surface area contributed by atoms with Crippen LogP contribution in [-0.4, -0.2) is 33.5 Å². The highest BCUT2D eigenvalue weighted by Gasteiger charge is 2.43. The van der Waals surface area contributed by atoms with E-state index in [9.17, 15) is 20.1 Å². The van der Waals surface area contributed by atoms with Gasteiger partial charge in [-0.05, 0) is 74.3 Å². The molecule has 4 heteroatoms. The van der Waals surface area contributed by atoms with Crippen LogP contribution in [0.2, 0.25) is 0 Å². The number of aliphatic hydroxyl groups excluding tert-OH is 2. The van der Waals surface area contributed by atoms with Gasteiger partial charge in [0, 0.05) is 5.92 Å². The molecule has 2 aliphatic carbocycles. The molecule has 0 heterocycles. The maximum atomic E-state index is 11.3. The maximum Gasteiger partial charge on any atom is 0.335 e. The fourth-order valence-electron chi connectivity index (χ4n) is 5.71. The highest BCUT2D eigenvalue weighted by atomic mass is 16.4. The van der Waals surface area contributed by atoms with Gasteiger partial charge in [-0.15, -0.1) is 0 Å². The highest BCUT2D eigenvalue weighted by molar-refractivity contribution is 5.89. The predicted octanol–water partition coefficient (Wildman–Crippen LogP) is 6.17. The summed E-state index contributed by atoms with van der Waals surface area (Å²) >= 11 is 0. The molecule has 0 spiro atoms. The van der Waals surface area contributed by atoms with E-state index in [4.69, 9.17) is 0 Å². The van der Waals surface area contributed by atoms with Crippen molar-refractivity contribution in [1.82, 2.24) is 0 Å². The average Bonchev–Trinajstić information content (AvgIpc) is 3.31. The number of unbranched alkanes of at least 4 members (excludes halogenated alkanes) is 3. The molecule has 6 atom stereocenters. The Labute approximate surface area is 199 Å². The summed E-state index contributed by atoms with van der Waals surface area (Å²) in [6.07, 6.45) is 16.0. The molecule has 3 rings (SSSR count). The molecule has 33 heavy (non-hydrogen) atoms. The molecule has 1 aromatic carbocycles. The summed E-state index contributed by atoms with van der Waals surface area (Å²) in [5, 5.41) is 30.4. The lowest BCUT2D eigenvalue weighted by molar-refractivity contribution is 0.0695. The SMILES string of the molecule is CCCCC(C)[C@H](O)/C=C/[C@H]1[C@H]2CC(CCCCCc3ccccc3C(=O)O)=C[C@H]2C[C@H]1O. The summed E-state index contributed by atoms with van der Waals surface area (Å²) in [6, 6.07) is 7.30. The summed E-state index contributed by atoms with van der Waals surface area (Å²) in [5.41, 5.74) is 2.86. The van der Waals surface area contributed by atoms with E-state index >= 15 is 0 Å². The quantitative estimate of drug-likeness (QED) is 0.246. The van der Waals surface area contributed by atoms with Gasteiger partial charge in [0.15, 0.2) is 0 Å². The molecule has 0 saturated heterocycles. The number of aliphatic hydroxyl groups is 2. The van der Waals surface area contributed by atoms with Gasteiger partial charge in [-0.25, -0.2) is 4.79 Å². The topological polar surface area (TPSA) is 77.8 Å². The van der Waals surface area contributed by atoms with Crippen LogP contribution in [0.5, 0.6) is 0 Å². The summed E-state index contributed by atoms with van der Waals surface area (Å²) in [6.45, 7) is 4.28. The predicted molar refractivity (Wildman–Crippen MR) is 133 cm³/mol. The molecule has 1 aromatic rings. The van der Waals surface area contributed by atoms with E-state index in [0.29, 0.717) is 17.4 Å². The Hall–Kier alpha value is -1.91. The van der Waals surface area contributed by atoms with Crippen molar-refractivity contribution >= 4 is 5.97 Å².